The van der Waals surface area contributed by atoms with Gasteiger partial charge in [-0.1, -0.05) is 114 Å². The lowest BCUT2D eigenvalue weighted by molar-refractivity contribution is -0.196. The molecule has 101 heavy (non-hydrogen) atoms. The lowest BCUT2D eigenvalue weighted by atomic mass is 9.73. The van der Waals surface area contributed by atoms with E-state index in [1.165, 1.54) is 29.2 Å². The molecule has 23 nitrogen and oxygen atoms in total. The van der Waals surface area contributed by atoms with Gasteiger partial charge in [0.1, 0.15) is 0 Å². The molecule has 584 valence electrons. The number of amides is 6. The Kier molecular flexibility index (Phi) is 35.1. The molecule has 5 saturated heterocycles. The number of rotatable bonds is 17. The second kappa shape index (κ2) is 38.3. The minimum Gasteiger partial charge on any atom is -0.394 e. The van der Waals surface area contributed by atoms with Crippen molar-refractivity contribution in [2.75, 3.05) is 79.0 Å². The third-order valence-electron chi connectivity index (χ3n) is 17.5. The maximum atomic E-state index is 12.6. The van der Waals surface area contributed by atoms with Crippen LogP contribution in [0.5, 0.6) is 0 Å². The second-order valence-electron chi connectivity index (χ2n) is 35.7. The average Bonchev–Trinajstić information content (AvgIpc) is 1.54. The Morgan fingerprint density at radius 3 is 1.40 bits per heavy atom. The highest BCUT2D eigenvalue weighted by Gasteiger charge is 2.66. The lowest BCUT2D eigenvalue weighted by Crippen LogP contribution is -2.39. The van der Waals surface area contributed by atoms with Crippen LogP contribution in [0.3, 0.4) is 0 Å². The number of carbonyl (C=O) groups is 6. The smallest absolute Gasteiger partial charge is 0.277 e. The molecule has 0 aromatic rings. The summed E-state index contributed by atoms with van der Waals surface area (Å²) < 4.78 is 45.4. The fraction of sp³-hybridized carbons (Fsp3) is 0.821. The summed E-state index contributed by atoms with van der Waals surface area (Å²) in [6, 6.07) is 0. The zero-order chi connectivity index (χ0) is 78.0. The van der Waals surface area contributed by atoms with Crippen molar-refractivity contribution in [1.82, 2.24) is 19.8 Å². The molecule has 0 aromatic heterocycles. The van der Waals surface area contributed by atoms with E-state index in [2.05, 4.69) is 80.5 Å². The standard InChI is InChI=1S/C16H25NO3.C14H21NO3.C10H15NO3.C9H18O2.C9H20O.C7H9NO3.C7H16O2.C6H14O2/c1-14(2,3)19-9-8-17-10-11-12(13(17)18)16(5)7-6-15(11,4)20-16;1-14(2,3)17-7-6-15-8-9-10-4-5-11(18-10)12(9)13(15)16;1-10(2,3)14-7-6-11-8(12)4-5-9(11)13;1-8(2,3)7-6-10-9(4,5)11-7;1-6-8(10-7-2)9(3,4)5;1-5(2)11-8-6(9)3-4-7(8)10;1-7(2,3)4-6(9)5-8;1-6(2,3)5(8)4-7/h6-7,11-12H,8-10H2,1-5H3;4-5,9-12H,6-8H2,1-3H3;4-5H,6-7H2,1-3H3;7H,6H2,1-5H3;8H,6-7H2,1-5H3;3-5H,1-2H3;6,8-9H,4-5H2,1-3H3;5,7-8H,4H2,1-3H3/t11-,12-,15?,16?;9-,10?,11?,12-;;;;;;/m10....../s1. The number of nitrogens with zero attached hydrogens (tertiary/aromatic N) is 4. The van der Waals surface area contributed by atoms with Crippen molar-refractivity contribution < 1.29 is 91.9 Å². The van der Waals surface area contributed by atoms with E-state index in [1.54, 1.807) is 13.8 Å². The third kappa shape index (κ3) is 31.3. The van der Waals surface area contributed by atoms with Gasteiger partial charge in [-0.2, -0.15) is 0 Å². The molecule has 9 heterocycles. The molecule has 0 aromatic carbocycles. The van der Waals surface area contributed by atoms with E-state index in [1.807, 2.05) is 141 Å². The first-order valence-electron chi connectivity index (χ1n) is 36.4. The lowest BCUT2D eigenvalue weighted by Gasteiger charge is -2.29. The Labute approximate surface area is 607 Å². The number of hydrogen-bond acceptors (Lipinski definition) is 19. The van der Waals surface area contributed by atoms with Crippen molar-refractivity contribution in [3.63, 3.8) is 0 Å². The predicted octanol–water partition coefficient (Wildman–Crippen LogP) is 10.4. The normalized spacial score (nSPS) is 26.9. The minimum absolute atomic E-state index is 0.0212. The molecule has 0 radical (unpaired) electrons. The van der Waals surface area contributed by atoms with Gasteiger partial charge in [-0.3, -0.25) is 38.5 Å². The molecule has 9 aliphatic rings. The van der Waals surface area contributed by atoms with Crippen LogP contribution in [0, 0.1) is 45.3 Å². The molecule has 8 unspecified atom stereocenters. The monoisotopic (exact) mass is 1430 g/mol. The van der Waals surface area contributed by atoms with E-state index >= 15 is 0 Å². The molecule has 0 aliphatic carbocycles. The highest BCUT2D eigenvalue weighted by Crippen LogP contribution is 2.56. The highest BCUT2D eigenvalue weighted by atomic mass is 16.7. The van der Waals surface area contributed by atoms with Crippen LogP contribution in [-0.4, -0.2) is 231 Å². The van der Waals surface area contributed by atoms with Gasteiger partial charge in [0, 0.05) is 68.9 Å². The number of carbonyl (C=O) groups excluding carboxylic acids is 6. The molecule has 5 fully saturated rings. The van der Waals surface area contributed by atoms with Gasteiger partial charge in [0.25, 0.3) is 23.6 Å². The molecule has 23 heteroatoms. The number of imide groups is 2. The number of ether oxygens (including phenoxy) is 8. The first-order chi connectivity index (χ1) is 45.9. The first-order valence-corrected chi connectivity index (χ1v) is 36.4. The summed E-state index contributed by atoms with van der Waals surface area (Å²) in [5, 5.41) is 35.5. The molecular weight excluding hydrogens is 1300 g/mol. The number of hydrogen-bond donors (Lipinski definition) is 4. The summed E-state index contributed by atoms with van der Waals surface area (Å²) in [5.74, 6) is -0.564. The molecule has 12 atom stereocenters. The maximum absolute atomic E-state index is 12.6. The second-order valence-corrected chi connectivity index (χ2v) is 35.7. The van der Waals surface area contributed by atoms with Crippen LogP contribution in [0.15, 0.2) is 48.6 Å². The van der Waals surface area contributed by atoms with Crippen molar-refractivity contribution in [1.29, 1.82) is 0 Å². The molecule has 4 bridgehead atoms. The number of fused-ring (bicyclic) bond motifs is 10. The van der Waals surface area contributed by atoms with E-state index in [0.29, 0.717) is 63.3 Å². The van der Waals surface area contributed by atoms with E-state index in [-0.39, 0.29) is 123 Å². The topological polar surface area (TPSA) is 279 Å². The molecule has 9 rings (SSSR count). The van der Waals surface area contributed by atoms with Crippen LogP contribution in [0.25, 0.3) is 0 Å². The molecule has 0 spiro atoms. The van der Waals surface area contributed by atoms with Crippen molar-refractivity contribution in [3.8, 4) is 0 Å². The van der Waals surface area contributed by atoms with E-state index in [4.69, 9.17) is 63.2 Å². The van der Waals surface area contributed by atoms with Gasteiger partial charge < -0.3 is 68.1 Å². The summed E-state index contributed by atoms with van der Waals surface area (Å²) in [4.78, 5) is 78.7. The molecule has 4 N–H and O–H groups in total. The summed E-state index contributed by atoms with van der Waals surface area (Å²) in [5.41, 5.74) is -0.790. The summed E-state index contributed by atoms with van der Waals surface area (Å²) in [7, 11) is 0. The Morgan fingerprint density at radius 1 is 0.594 bits per heavy atom. The van der Waals surface area contributed by atoms with Gasteiger partial charge in [0.2, 0.25) is 11.8 Å². The molecule has 9 aliphatic heterocycles. The Balaban J connectivity index is 0.000000401. The van der Waals surface area contributed by atoms with Gasteiger partial charge in [-0.05, 0) is 145 Å². The predicted molar refractivity (Wildman–Crippen MR) is 391 cm³/mol. The summed E-state index contributed by atoms with van der Waals surface area (Å²) >= 11 is 0. The van der Waals surface area contributed by atoms with Crippen LogP contribution in [0.4, 0.5) is 0 Å². The van der Waals surface area contributed by atoms with Gasteiger partial charge in [-0.25, -0.2) is 0 Å². The van der Waals surface area contributed by atoms with Crippen molar-refractivity contribution in [2.24, 2.45) is 45.3 Å². The average molecular weight is 1440 g/mol. The van der Waals surface area contributed by atoms with Crippen LogP contribution < -0.4 is 0 Å². The third-order valence-corrected chi connectivity index (χ3v) is 17.5. The fourth-order valence-electron chi connectivity index (χ4n) is 12.1. The van der Waals surface area contributed by atoms with Gasteiger partial charge in [-0.15, -0.1) is 5.06 Å². The minimum atomic E-state index is -0.595. The van der Waals surface area contributed by atoms with Crippen molar-refractivity contribution >= 4 is 35.4 Å². The fourth-order valence-corrected chi connectivity index (χ4v) is 12.1. The van der Waals surface area contributed by atoms with Crippen molar-refractivity contribution in [2.45, 2.75) is 290 Å². The van der Waals surface area contributed by atoms with E-state index in [0.717, 1.165) is 37.8 Å². The molecule has 0 saturated carbocycles. The van der Waals surface area contributed by atoms with E-state index in [9.17, 15) is 28.8 Å². The van der Waals surface area contributed by atoms with Gasteiger partial charge in [0.15, 0.2) is 5.79 Å². The van der Waals surface area contributed by atoms with Crippen LogP contribution in [0.1, 0.15) is 214 Å². The molecule has 6 amide bonds. The number of aliphatic hydroxyl groups is 4. The van der Waals surface area contributed by atoms with Crippen molar-refractivity contribution in [3.05, 3.63) is 48.6 Å². The van der Waals surface area contributed by atoms with Crippen LogP contribution in [0.2, 0.25) is 0 Å². The van der Waals surface area contributed by atoms with Gasteiger partial charge >= 0.3 is 0 Å². The Bertz CT molecular complexity index is 2710. The quantitative estimate of drug-likeness (QED) is 0.0778. The highest BCUT2D eigenvalue weighted by molar-refractivity contribution is 6.13. The Hall–Kier alpha value is -4.34. The van der Waals surface area contributed by atoms with Crippen LogP contribution in [-0.2, 0) is 71.5 Å². The number of likely N-dealkylation sites (tertiary alicyclic amines) is 2. The SMILES string of the molecule is CC(C)(C)C(O)CO.CC(C)(C)CC(O)CO.CC(C)(C)OCCN1C(=O)C=CC1=O.CC(C)(C)OCCN1C[C@@H]2[C@H](C1=O)C1(C)C=CC2(C)O1.CC(C)(C)OCCN1C[C@H]2C3C=CC(O3)[C@H]2C1=O.CC(C)ON1C(=O)C=CC1=O.CC1(C)OCC(C(C)(C)C)O1.CCOC(CC)C(C)(C)C. The molecular formula is C78H138N4O19. The first kappa shape index (κ1) is 92.7. The summed E-state index contributed by atoms with van der Waals surface area (Å²) in [6.07, 6.45) is 14.6. The number of aliphatic hydroxyl groups excluding tert-OH is 4. The van der Waals surface area contributed by atoms with E-state index < -0.39 is 29.6 Å². The van der Waals surface area contributed by atoms with Gasteiger partial charge in [0.05, 0.1) is 129 Å². The maximum Gasteiger partial charge on any atom is 0.277 e. The zero-order valence-electron chi connectivity index (χ0n) is 67.6. The zero-order valence-corrected chi connectivity index (χ0v) is 67.6. The largest absolute Gasteiger partial charge is 0.394 e. The Morgan fingerprint density at radius 2 is 1.06 bits per heavy atom. The summed E-state index contributed by atoms with van der Waals surface area (Å²) in [6.45, 7) is 64.8. The van der Waals surface area contributed by atoms with Crippen LogP contribution >= 0.6 is 0 Å². The number of hydroxylamine groups is 2.